The fourth-order valence-electron chi connectivity index (χ4n) is 4.53. The molecule has 0 saturated carbocycles. The van der Waals surface area contributed by atoms with Crippen LogP contribution in [0.4, 0.5) is 4.39 Å². The van der Waals surface area contributed by atoms with Gasteiger partial charge >= 0.3 is 0 Å². The maximum Gasteiger partial charge on any atom is 0.274 e. The van der Waals surface area contributed by atoms with Crippen molar-refractivity contribution in [3.8, 4) is 5.75 Å². The predicted molar refractivity (Wildman–Crippen MR) is 113 cm³/mol. The Morgan fingerprint density at radius 1 is 1.32 bits per heavy atom. The van der Waals surface area contributed by atoms with Gasteiger partial charge < -0.3 is 19.9 Å². The van der Waals surface area contributed by atoms with Crippen LogP contribution in [-0.4, -0.2) is 39.5 Å². The highest BCUT2D eigenvalue weighted by Gasteiger charge is 2.38. The summed E-state index contributed by atoms with van der Waals surface area (Å²) in [4.78, 5) is 40.5. The number of carbonyl (C=O) groups is 2. The highest BCUT2D eigenvalue weighted by molar-refractivity contribution is 6.30. The van der Waals surface area contributed by atoms with Crippen LogP contribution in [0.5, 0.6) is 5.75 Å². The Bertz CT molecular complexity index is 1130. The highest BCUT2D eigenvalue weighted by atomic mass is 35.5. The standard InChI is InChI=1S/C22H23ClFN3O4/c1-2-15-16(21(30)25-10-12-6-5-8-14(23)17(12)24)19(28)20(29)18-22(31)26-9-4-3-7-13(11-26)27(15)18/h5-6,8,13,29H,2-4,7,9-11H2,1H3,(H,25,30). The normalized spacial score (nSPS) is 17.8. The van der Waals surface area contributed by atoms with Crippen LogP contribution in [0.25, 0.3) is 0 Å². The molecular weight excluding hydrogens is 425 g/mol. The molecule has 31 heavy (non-hydrogen) atoms. The summed E-state index contributed by atoms with van der Waals surface area (Å²) in [7, 11) is 0. The highest BCUT2D eigenvalue weighted by Crippen LogP contribution is 2.34. The van der Waals surface area contributed by atoms with E-state index in [2.05, 4.69) is 5.32 Å². The number of amides is 2. The van der Waals surface area contributed by atoms with Crippen LogP contribution in [0.2, 0.25) is 5.02 Å². The van der Waals surface area contributed by atoms with Gasteiger partial charge in [0.15, 0.2) is 11.4 Å². The molecule has 1 aromatic carbocycles. The molecule has 1 saturated heterocycles. The average molecular weight is 448 g/mol. The second-order valence-electron chi connectivity index (χ2n) is 7.87. The van der Waals surface area contributed by atoms with Gasteiger partial charge in [-0.2, -0.15) is 0 Å². The molecule has 164 valence electrons. The second-order valence-corrected chi connectivity index (χ2v) is 8.28. The van der Waals surface area contributed by atoms with Crippen molar-refractivity contribution in [2.24, 2.45) is 0 Å². The number of hydrogen-bond donors (Lipinski definition) is 2. The number of nitrogens with one attached hydrogen (secondary N) is 1. The first-order valence-electron chi connectivity index (χ1n) is 10.4. The third kappa shape index (κ3) is 3.59. The number of benzene rings is 1. The van der Waals surface area contributed by atoms with Crippen molar-refractivity contribution < 1.29 is 19.1 Å². The van der Waals surface area contributed by atoms with Crippen LogP contribution >= 0.6 is 11.6 Å². The van der Waals surface area contributed by atoms with Crippen molar-refractivity contribution >= 4 is 23.4 Å². The van der Waals surface area contributed by atoms with E-state index >= 15 is 0 Å². The molecule has 2 aliphatic heterocycles. The Balaban J connectivity index is 1.77. The molecule has 7 nitrogen and oxygen atoms in total. The van der Waals surface area contributed by atoms with Gasteiger partial charge in [-0.05, 0) is 31.7 Å². The topological polar surface area (TPSA) is 91.6 Å². The Morgan fingerprint density at radius 2 is 2.10 bits per heavy atom. The Kier molecular flexibility index (Phi) is 5.75. The summed E-state index contributed by atoms with van der Waals surface area (Å²) in [6.45, 7) is 2.68. The SMILES string of the molecule is CCc1c(C(=O)NCc2cccc(Cl)c2F)c(=O)c(O)c2n1C1CCCCN(C1)C2=O. The summed E-state index contributed by atoms with van der Waals surface area (Å²) in [5.74, 6) is -2.47. The molecule has 2 aliphatic rings. The molecule has 2 N–H and O–H groups in total. The third-order valence-electron chi connectivity index (χ3n) is 6.02. The van der Waals surface area contributed by atoms with Crippen molar-refractivity contribution in [3.63, 3.8) is 0 Å². The minimum Gasteiger partial charge on any atom is -0.503 e. The minimum absolute atomic E-state index is 0.0440. The predicted octanol–water partition coefficient (Wildman–Crippen LogP) is 3.02. The maximum atomic E-state index is 14.2. The van der Waals surface area contributed by atoms with E-state index in [-0.39, 0.29) is 34.4 Å². The summed E-state index contributed by atoms with van der Waals surface area (Å²) in [6.07, 6.45) is 2.85. The number of pyridine rings is 1. The van der Waals surface area contributed by atoms with E-state index in [1.165, 1.54) is 12.1 Å². The Labute approximate surface area is 183 Å². The summed E-state index contributed by atoms with van der Waals surface area (Å²) < 4.78 is 15.8. The maximum absolute atomic E-state index is 14.2. The fourth-order valence-corrected chi connectivity index (χ4v) is 4.72. The van der Waals surface area contributed by atoms with Crippen molar-refractivity contribution in [2.45, 2.75) is 45.2 Å². The summed E-state index contributed by atoms with van der Waals surface area (Å²) >= 11 is 5.79. The van der Waals surface area contributed by atoms with Crippen LogP contribution < -0.4 is 10.7 Å². The number of fused-ring (bicyclic) bond motifs is 4. The molecule has 1 atom stereocenters. The van der Waals surface area contributed by atoms with E-state index in [0.717, 1.165) is 19.3 Å². The van der Waals surface area contributed by atoms with Crippen LogP contribution in [0.15, 0.2) is 23.0 Å². The molecule has 3 heterocycles. The van der Waals surface area contributed by atoms with Gasteiger partial charge in [0.2, 0.25) is 5.43 Å². The number of aromatic nitrogens is 1. The zero-order chi connectivity index (χ0) is 22.3. The zero-order valence-electron chi connectivity index (χ0n) is 17.1. The number of hydrogen-bond acceptors (Lipinski definition) is 4. The number of nitrogens with zero attached hydrogens (tertiary/aromatic N) is 2. The minimum atomic E-state index is -0.889. The fraction of sp³-hybridized carbons (Fsp3) is 0.409. The largest absolute Gasteiger partial charge is 0.503 e. The first kappa shape index (κ1) is 21.4. The molecule has 2 aromatic rings. The van der Waals surface area contributed by atoms with Crippen LogP contribution in [0.3, 0.4) is 0 Å². The van der Waals surface area contributed by atoms with Crippen LogP contribution in [-0.2, 0) is 13.0 Å². The second kappa shape index (κ2) is 8.34. The molecule has 0 aliphatic carbocycles. The zero-order valence-corrected chi connectivity index (χ0v) is 17.8. The van der Waals surface area contributed by atoms with Crippen molar-refractivity contribution in [1.29, 1.82) is 0 Å². The molecule has 2 amide bonds. The van der Waals surface area contributed by atoms with Crippen molar-refractivity contribution in [1.82, 2.24) is 14.8 Å². The Hall–Kier alpha value is -2.87. The molecule has 0 spiro atoms. The molecule has 9 heteroatoms. The van der Waals surface area contributed by atoms with E-state index in [1.54, 1.807) is 22.5 Å². The third-order valence-corrected chi connectivity index (χ3v) is 6.31. The molecule has 1 unspecified atom stereocenters. The quantitative estimate of drug-likeness (QED) is 0.753. The Morgan fingerprint density at radius 3 is 2.84 bits per heavy atom. The smallest absolute Gasteiger partial charge is 0.274 e. The lowest BCUT2D eigenvalue weighted by Crippen LogP contribution is -2.45. The van der Waals surface area contributed by atoms with Gasteiger partial charge in [-0.3, -0.25) is 14.4 Å². The number of halogens is 2. The monoisotopic (exact) mass is 447 g/mol. The number of carbonyl (C=O) groups excluding carboxylic acids is 2. The lowest BCUT2D eigenvalue weighted by atomic mass is 10.0. The number of aromatic hydroxyl groups is 1. The molecule has 1 fully saturated rings. The van der Waals surface area contributed by atoms with Crippen LogP contribution in [0.1, 0.15) is 64.3 Å². The van der Waals surface area contributed by atoms with Crippen LogP contribution in [0, 0.1) is 5.82 Å². The number of rotatable bonds is 4. The molecule has 1 aromatic heterocycles. The lowest BCUT2D eigenvalue weighted by molar-refractivity contribution is 0.0674. The first-order chi connectivity index (χ1) is 14.8. The van der Waals surface area contributed by atoms with E-state index in [0.29, 0.717) is 25.2 Å². The van der Waals surface area contributed by atoms with E-state index in [4.69, 9.17) is 11.6 Å². The molecular formula is C22H23ClFN3O4. The summed E-state index contributed by atoms with van der Waals surface area (Å²) in [5, 5.41) is 13.1. The average Bonchev–Trinajstić information content (AvgIpc) is 2.98. The van der Waals surface area contributed by atoms with Gasteiger partial charge in [-0.15, -0.1) is 0 Å². The molecule has 2 bridgehead atoms. The van der Waals surface area contributed by atoms with Gasteiger partial charge in [0.25, 0.3) is 11.8 Å². The van der Waals surface area contributed by atoms with Crippen molar-refractivity contribution in [3.05, 3.63) is 61.8 Å². The van der Waals surface area contributed by atoms with Gasteiger partial charge in [0, 0.05) is 30.9 Å². The van der Waals surface area contributed by atoms with E-state index < -0.39 is 28.8 Å². The molecule has 4 rings (SSSR count). The lowest BCUT2D eigenvalue weighted by Gasteiger charge is -2.36. The van der Waals surface area contributed by atoms with Gasteiger partial charge in [-0.25, -0.2) is 4.39 Å². The van der Waals surface area contributed by atoms with Gasteiger partial charge in [-0.1, -0.05) is 30.7 Å². The summed E-state index contributed by atoms with van der Waals surface area (Å²) in [5.41, 5.74) is -0.563. The van der Waals surface area contributed by atoms with Gasteiger partial charge in [0.1, 0.15) is 11.4 Å². The first-order valence-corrected chi connectivity index (χ1v) is 10.7. The van der Waals surface area contributed by atoms with E-state index in [9.17, 15) is 23.9 Å². The molecule has 0 radical (unpaired) electrons. The van der Waals surface area contributed by atoms with Crippen molar-refractivity contribution in [2.75, 3.05) is 13.1 Å². The van der Waals surface area contributed by atoms with Gasteiger partial charge in [0.05, 0.1) is 11.1 Å². The summed E-state index contributed by atoms with van der Waals surface area (Å²) in [6, 6.07) is 4.33. The van der Waals surface area contributed by atoms with E-state index in [1.807, 2.05) is 0 Å².